The van der Waals surface area contributed by atoms with Crippen LogP contribution in [0.4, 0.5) is 4.79 Å². The van der Waals surface area contributed by atoms with Crippen molar-refractivity contribution in [2.24, 2.45) is 0 Å². The van der Waals surface area contributed by atoms with Crippen LogP contribution in [0.2, 0.25) is 0 Å². The van der Waals surface area contributed by atoms with E-state index >= 15 is 0 Å². The monoisotopic (exact) mass is 354 g/mol. The maximum Gasteiger partial charge on any atom is 0.407 e. The van der Waals surface area contributed by atoms with Crippen LogP contribution < -0.4 is 5.32 Å². The van der Waals surface area contributed by atoms with Crippen LogP contribution in [0.15, 0.2) is 12.7 Å². The molecule has 0 aliphatic carbocycles. The number of alkyl carbamates (subject to hydrolysis) is 1. The fraction of sp³-hybridized carbons (Fsp3) is 0.722. The Morgan fingerprint density at radius 3 is 2.24 bits per heavy atom. The number of hydrogen-bond donors (Lipinski definition) is 1. The van der Waals surface area contributed by atoms with Crippen LogP contribution in [-0.2, 0) is 19.1 Å². The lowest BCUT2D eigenvalue weighted by atomic mass is 10.1. The summed E-state index contributed by atoms with van der Waals surface area (Å²) >= 11 is 0. The van der Waals surface area contributed by atoms with Crippen LogP contribution in [0.3, 0.4) is 0 Å². The van der Waals surface area contributed by atoms with Crippen LogP contribution in [-0.4, -0.2) is 52.7 Å². The van der Waals surface area contributed by atoms with E-state index in [1.165, 1.54) is 0 Å². The van der Waals surface area contributed by atoms with Gasteiger partial charge in [-0.25, -0.2) is 4.79 Å². The Morgan fingerprint density at radius 1 is 1.20 bits per heavy atom. The summed E-state index contributed by atoms with van der Waals surface area (Å²) in [4.78, 5) is 38.0. The molecule has 1 fully saturated rings. The lowest BCUT2D eigenvalue weighted by Gasteiger charge is -2.29. The summed E-state index contributed by atoms with van der Waals surface area (Å²) in [6, 6.07) is -1.01. The van der Waals surface area contributed by atoms with Crippen molar-refractivity contribution < 1.29 is 23.9 Å². The van der Waals surface area contributed by atoms with E-state index in [1.54, 1.807) is 52.5 Å². The van der Waals surface area contributed by atoms with Gasteiger partial charge in [0.25, 0.3) is 0 Å². The topological polar surface area (TPSA) is 84.9 Å². The fourth-order valence-electron chi connectivity index (χ4n) is 2.63. The smallest absolute Gasteiger partial charge is 0.407 e. The summed E-state index contributed by atoms with van der Waals surface area (Å²) in [7, 11) is 0. The number of carbonyl (C=O) groups excluding carboxylic acids is 3. The largest absolute Gasteiger partial charge is 0.460 e. The van der Waals surface area contributed by atoms with Crippen molar-refractivity contribution in [3.05, 3.63) is 12.7 Å². The maximum absolute atomic E-state index is 12.3. The van der Waals surface area contributed by atoms with Crippen LogP contribution in [0, 0.1) is 0 Å². The highest BCUT2D eigenvalue weighted by atomic mass is 16.6. The Balaban J connectivity index is 2.86. The normalized spacial score (nSPS) is 21.0. The molecule has 142 valence electrons. The fourth-order valence-corrected chi connectivity index (χ4v) is 2.63. The predicted molar refractivity (Wildman–Crippen MR) is 93.9 cm³/mol. The van der Waals surface area contributed by atoms with Crippen molar-refractivity contribution in [1.82, 2.24) is 10.2 Å². The number of nitrogens with zero attached hydrogens (tertiary/aromatic N) is 1. The number of hydrogen-bond acceptors (Lipinski definition) is 5. The molecule has 1 N–H and O–H groups in total. The first kappa shape index (κ1) is 21.0. The first-order chi connectivity index (χ1) is 11.3. The second-order valence-electron chi connectivity index (χ2n) is 8.15. The lowest BCUT2D eigenvalue weighted by molar-refractivity contribution is -0.156. The number of amides is 2. The van der Waals surface area contributed by atoms with E-state index in [0.29, 0.717) is 6.54 Å². The number of rotatable bonds is 5. The molecule has 0 spiro atoms. The highest BCUT2D eigenvalue weighted by Crippen LogP contribution is 2.24. The molecule has 7 nitrogen and oxygen atoms in total. The van der Waals surface area contributed by atoms with E-state index in [1.807, 2.05) is 0 Å². The summed E-state index contributed by atoms with van der Waals surface area (Å²) in [6.07, 6.45) is 1.09. The molecule has 25 heavy (non-hydrogen) atoms. The van der Waals surface area contributed by atoms with Gasteiger partial charge in [-0.2, -0.15) is 0 Å². The molecule has 0 bridgehead atoms. The quantitative estimate of drug-likeness (QED) is 0.605. The van der Waals surface area contributed by atoms with Gasteiger partial charge in [0.2, 0.25) is 5.91 Å². The summed E-state index contributed by atoms with van der Waals surface area (Å²) < 4.78 is 10.6. The minimum absolute atomic E-state index is 0.00266. The average Bonchev–Trinajstić information content (AvgIpc) is 2.62. The molecule has 0 radical (unpaired) electrons. The van der Waals surface area contributed by atoms with E-state index < -0.39 is 35.3 Å². The number of ether oxygens (including phenoxy) is 2. The Kier molecular flexibility index (Phi) is 6.62. The highest BCUT2D eigenvalue weighted by Gasteiger charge is 2.42. The number of nitrogens with one attached hydrogen (secondary N) is 1. The molecule has 0 aromatic rings. The SMILES string of the molecule is C=CCN1C(=O)C[C@H](NC(=O)OC(C)(C)C)[C@H]1CC(=O)OC(C)(C)C. The zero-order chi connectivity index (χ0) is 19.4. The predicted octanol–water partition coefficient (Wildman–Crippen LogP) is 2.40. The summed E-state index contributed by atoms with van der Waals surface area (Å²) in [6.45, 7) is 14.6. The Hall–Kier alpha value is -2.05. The number of esters is 1. The van der Waals surface area contributed by atoms with E-state index in [2.05, 4.69) is 11.9 Å². The van der Waals surface area contributed by atoms with Crippen molar-refractivity contribution in [2.75, 3.05) is 6.54 Å². The summed E-state index contributed by atoms with van der Waals surface area (Å²) in [5, 5.41) is 2.71. The maximum atomic E-state index is 12.3. The van der Waals surface area contributed by atoms with Gasteiger partial charge in [-0.15, -0.1) is 6.58 Å². The molecule has 1 aliphatic rings. The van der Waals surface area contributed by atoms with E-state index in [0.717, 1.165) is 0 Å². The minimum Gasteiger partial charge on any atom is -0.460 e. The standard InChI is InChI=1S/C18H30N2O5/c1-8-9-20-13(11-15(22)24-17(2,3)4)12(10-14(20)21)19-16(23)25-18(5,6)7/h8,12-13H,1,9-11H2,2-7H3,(H,19,23)/t12-,13+/m0/s1. The van der Waals surface area contributed by atoms with Crippen LogP contribution in [0.5, 0.6) is 0 Å². The molecule has 7 heteroatoms. The second kappa shape index (κ2) is 7.89. The Morgan fingerprint density at radius 2 is 1.76 bits per heavy atom. The van der Waals surface area contributed by atoms with Gasteiger partial charge in [0.1, 0.15) is 11.2 Å². The van der Waals surface area contributed by atoms with Gasteiger partial charge in [0.05, 0.1) is 18.5 Å². The first-order valence-electron chi connectivity index (χ1n) is 8.44. The molecule has 2 amide bonds. The van der Waals surface area contributed by atoms with Gasteiger partial charge in [0, 0.05) is 13.0 Å². The van der Waals surface area contributed by atoms with Crippen LogP contribution in [0.1, 0.15) is 54.4 Å². The van der Waals surface area contributed by atoms with Gasteiger partial charge >= 0.3 is 12.1 Å². The van der Waals surface area contributed by atoms with Gasteiger partial charge < -0.3 is 19.7 Å². The van der Waals surface area contributed by atoms with Crippen molar-refractivity contribution in [3.8, 4) is 0 Å². The van der Waals surface area contributed by atoms with Crippen LogP contribution >= 0.6 is 0 Å². The van der Waals surface area contributed by atoms with Crippen LogP contribution in [0.25, 0.3) is 0 Å². The average molecular weight is 354 g/mol. The van der Waals surface area contributed by atoms with Crippen molar-refractivity contribution >= 4 is 18.0 Å². The lowest BCUT2D eigenvalue weighted by Crippen LogP contribution is -2.48. The van der Waals surface area contributed by atoms with Gasteiger partial charge in [-0.05, 0) is 41.5 Å². The second-order valence-corrected chi connectivity index (χ2v) is 8.15. The summed E-state index contributed by atoms with van der Waals surface area (Å²) in [5.41, 5.74) is -1.26. The number of carbonyl (C=O) groups is 3. The minimum atomic E-state index is -0.645. The van der Waals surface area contributed by atoms with E-state index in [4.69, 9.17) is 9.47 Å². The molecule has 0 aromatic carbocycles. The van der Waals surface area contributed by atoms with Gasteiger partial charge in [-0.3, -0.25) is 9.59 Å². The van der Waals surface area contributed by atoms with Gasteiger partial charge in [-0.1, -0.05) is 6.08 Å². The molecule has 1 saturated heterocycles. The third kappa shape index (κ3) is 7.15. The molecule has 1 heterocycles. The van der Waals surface area contributed by atoms with Crippen molar-refractivity contribution in [2.45, 2.75) is 77.7 Å². The zero-order valence-electron chi connectivity index (χ0n) is 16.0. The molecule has 0 aromatic heterocycles. The molecule has 0 unspecified atom stereocenters. The molecule has 2 atom stereocenters. The summed E-state index contributed by atoms with van der Waals surface area (Å²) in [5.74, 6) is -0.563. The third-order valence-electron chi connectivity index (χ3n) is 3.40. The molecular formula is C18H30N2O5. The van der Waals surface area contributed by atoms with Crippen molar-refractivity contribution in [1.29, 1.82) is 0 Å². The third-order valence-corrected chi connectivity index (χ3v) is 3.40. The van der Waals surface area contributed by atoms with E-state index in [9.17, 15) is 14.4 Å². The zero-order valence-corrected chi connectivity index (χ0v) is 16.0. The molecule has 1 aliphatic heterocycles. The first-order valence-corrected chi connectivity index (χ1v) is 8.44. The van der Waals surface area contributed by atoms with Gasteiger partial charge in [0.15, 0.2) is 0 Å². The Bertz CT molecular complexity index is 531. The molecule has 0 saturated carbocycles. The molecular weight excluding hydrogens is 324 g/mol. The van der Waals surface area contributed by atoms with E-state index in [-0.39, 0.29) is 18.7 Å². The number of likely N-dealkylation sites (tertiary alicyclic amines) is 1. The van der Waals surface area contributed by atoms with Crippen molar-refractivity contribution in [3.63, 3.8) is 0 Å². The highest BCUT2D eigenvalue weighted by molar-refractivity contribution is 5.83. The molecule has 1 rings (SSSR count). The Labute approximate surface area is 149 Å².